The van der Waals surface area contributed by atoms with Crippen molar-refractivity contribution in [2.24, 2.45) is 0 Å². The second-order valence-corrected chi connectivity index (χ2v) is 5.97. The minimum Gasteiger partial charge on any atom is -0.489 e. The van der Waals surface area contributed by atoms with Crippen LogP contribution >= 0.6 is 11.6 Å². The summed E-state index contributed by atoms with van der Waals surface area (Å²) in [4.78, 5) is 13.1. The van der Waals surface area contributed by atoms with E-state index in [-0.39, 0.29) is 18.0 Å². The molecule has 134 valence electrons. The van der Waals surface area contributed by atoms with Crippen LogP contribution in [0.2, 0.25) is 5.02 Å². The maximum absolute atomic E-state index is 12.6. The van der Waals surface area contributed by atoms with Gasteiger partial charge in [0.1, 0.15) is 6.54 Å². The number of alkyl halides is 3. The number of hydrogen-bond donors (Lipinski definition) is 0. The van der Waals surface area contributed by atoms with Gasteiger partial charge in [-0.05, 0) is 24.1 Å². The van der Waals surface area contributed by atoms with E-state index < -0.39 is 18.6 Å². The van der Waals surface area contributed by atoms with Crippen molar-refractivity contribution in [2.75, 3.05) is 26.3 Å². The highest BCUT2D eigenvalue weighted by molar-refractivity contribution is 6.32. The first-order valence-corrected chi connectivity index (χ1v) is 8.10. The summed E-state index contributed by atoms with van der Waals surface area (Å²) in [5.41, 5.74) is 0.498. The van der Waals surface area contributed by atoms with Crippen LogP contribution in [0.5, 0.6) is 11.5 Å². The van der Waals surface area contributed by atoms with Crippen molar-refractivity contribution in [2.45, 2.75) is 32.4 Å². The molecule has 1 amide bonds. The first-order chi connectivity index (χ1) is 11.3. The summed E-state index contributed by atoms with van der Waals surface area (Å²) in [6.07, 6.45) is -3.45. The summed E-state index contributed by atoms with van der Waals surface area (Å²) in [5, 5.41) is 0.287. The van der Waals surface area contributed by atoms with Crippen molar-refractivity contribution in [1.29, 1.82) is 0 Å². The Bertz CT molecular complexity index is 593. The van der Waals surface area contributed by atoms with Crippen molar-refractivity contribution in [3.63, 3.8) is 0 Å². The van der Waals surface area contributed by atoms with Gasteiger partial charge in [-0.15, -0.1) is 0 Å². The number of carbonyl (C=O) groups is 1. The van der Waals surface area contributed by atoms with Gasteiger partial charge in [0.05, 0.1) is 24.7 Å². The van der Waals surface area contributed by atoms with Crippen molar-refractivity contribution in [3.05, 3.63) is 22.7 Å². The van der Waals surface area contributed by atoms with Gasteiger partial charge < -0.3 is 14.4 Å². The van der Waals surface area contributed by atoms with E-state index in [4.69, 9.17) is 21.1 Å². The Hall–Kier alpha value is -1.63. The SMILES string of the molecule is CCCN(CC(F)(F)F)C(=O)Cc1cc(Cl)c2c(c1)OCCCO2. The van der Waals surface area contributed by atoms with Gasteiger partial charge in [-0.3, -0.25) is 4.79 Å². The second-order valence-electron chi connectivity index (χ2n) is 5.56. The van der Waals surface area contributed by atoms with E-state index in [1.54, 1.807) is 13.0 Å². The monoisotopic (exact) mass is 365 g/mol. The molecule has 0 aromatic heterocycles. The van der Waals surface area contributed by atoms with Crippen LogP contribution in [0.3, 0.4) is 0 Å². The molecule has 4 nitrogen and oxygen atoms in total. The molecule has 0 saturated carbocycles. The molecule has 0 aliphatic carbocycles. The number of benzene rings is 1. The lowest BCUT2D eigenvalue weighted by Crippen LogP contribution is -2.40. The minimum absolute atomic E-state index is 0.0522. The Kier molecular flexibility index (Phi) is 6.21. The Morgan fingerprint density at radius 1 is 1.29 bits per heavy atom. The topological polar surface area (TPSA) is 38.8 Å². The third-order valence-corrected chi connectivity index (χ3v) is 3.71. The molecule has 1 aromatic rings. The van der Waals surface area contributed by atoms with E-state index in [0.29, 0.717) is 43.1 Å². The number of amides is 1. The predicted octanol–water partition coefficient (Wildman–Crippen LogP) is 3.84. The Balaban J connectivity index is 2.15. The zero-order valence-corrected chi connectivity index (χ0v) is 14.0. The number of ether oxygens (including phenoxy) is 2. The third kappa shape index (κ3) is 5.19. The van der Waals surface area contributed by atoms with E-state index in [1.807, 2.05) is 0 Å². The van der Waals surface area contributed by atoms with Gasteiger partial charge in [-0.25, -0.2) is 0 Å². The smallest absolute Gasteiger partial charge is 0.406 e. The molecule has 24 heavy (non-hydrogen) atoms. The van der Waals surface area contributed by atoms with Crippen molar-refractivity contribution in [1.82, 2.24) is 4.90 Å². The maximum atomic E-state index is 12.6. The molecule has 0 bridgehead atoms. The molecular formula is C16H19ClF3NO3. The molecule has 0 saturated heterocycles. The van der Waals surface area contributed by atoms with Crippen molar-refractivity contribution in [3.8, 4) is 11.5 Å². The van der Waals surface area contributed by atoms with Gasteiger partial charge in [0.2, 0.25) is 5.91 Å². The molecule has 0 unspecified atom stereocenters. The van der Waals surface area contributed by atoms with Crippen LogP contribution in [0.25, 0.3) is 0 Å². The quantitative estimate of drug-likeness (QED) is 0.795. The average molecular weight is 366 g/mol. The number of nitrogens with zero attached hydrogens (tertiary/aromatic N) is 1. The second kappa shape index (κ2) is 7.96. The van der Waals surface area contributed by atoms with Gasteiger partial charge in [0, 0.05) is 13.0 Å². The number of fused-ring (bicyclic) bond motifs is 1. The molecule has 1 aliphatic heterocycles. The van der Waals surface area contributed by atoms with Crippen LogP contribution in [0.15, 0.2) is 12.1 Å². The van der Waals surface area contributed by atoms with Gasteiger partial charge in [0.15, 0.2) is 11.5 Å². The summed E-state index contributed by atoms with van der Waals surface area (Å²) in [6, 6.07) is 3.13. The fourth-order valence-corrected chi connectivity index (χ4v) is 2.74. The molecule has 8 heteroatoms. The summed E-state index contributed by atoms with van der Waals surface area (Å²) in [5.74, 6) is 0.228. The van der Waals surface area contributed by atoms with E-state index >= 15 is 0 Å². The van der Waals surface area contributed by atoms with E-state index in [1.165, 1.54) is 6.07 Å². The molecule has 0 spiro atoms. The number of rotatable bonds is 5. The Labute approximate surface area is 143 Å². The van der Waals surface area contributed by atoms with Crippen molar-refractivity contribution < 1.29 is 27.4 Å². The summed E-state index contributed by atoms with van der Waals surface area (Å²) >= 11 is 6.14. The minimum atomic E-state index is -4.42. The number of hydrogen-bond acceptors (Lipinski definition) is 3. The molecule has 0 radical (unpaired) electrons. The number of halogens is 4. The van der Waals surface area contributed by atoms with Crippen LogP contribution in [0.4, 0.5) is 13.2 Å². The van der Waals surface area contributed by atoms with Crippen LogP contribution in [-0.2, 0) is 11.2 Å². The van der Waals surface area contributed by atoms with Crippen molar-refractivity contribution >= 4 is 17.5 Å². The fourth-order valence-electron chi connectivity index (χ4n) is 2.45. The highest BCUT2D eigenvalue weighted by atomic mass is 35.5. The number of carbonyl (C=O) groups excluding carboxylic acids is 1. The third-order valence-electron chi connectivity index (χ3n) is 3.43. The standard InChI is InChI=1S/C16H19ClF3NO3/c1-2-4-21(10-16(18,19)20)14(22)9-11-7-12(17)15-13(8-11)23-5-3-6-24-15/h7-8H,2-6,9-10H2,1H3. The lowest BCUT2D eigenvalue weighted by Gasteiger charge is -2.23. The van der Waals surface area contributed by atoms with Gasteiger partial charge in [-0.2, -0.15) is 13.2 Å². The lowest BCUT2D eigenvalue weighted by atomic mass is 10.1. The summed E-state index contributed by atoms with van der Waals surface area (Å²) < 4.78 is 48.8. The normalized spacial score (nSPS) is 14.2. The van der Waals surface area contributed by atoms with Crippen LogP contribution < -0.4 is 9.47 Å². The predicted molar refractivity (Wildman–Crippen MR) is 83.7 cm³/mol. The highest BCUT2D eigenvalue weighted by Crippen LogP contribution is 2.38. The molecule has 1 heterocycles. The van der Waals surface area contributed by atoms with Gasteiger partial charge in [0.25, 0.3) is 0 Å². The molecule has 0 N–H and O–H groups in total. The first-order valence-electron chi connectivity index (χ1n) is 7.72. The maximum Gasteiger partial charge on any atom is 0.406 e. The molecule has 2 rings (SSSR count). The molecule has 1 aromatic carbocycles. The van der Waals surface area contributed by atoms with E-state index in [0.717, 1.165) is 4.90 Å². The van der Waals surface area contributed by atoms with Gasteiger partial charge >= 0.3 is 6.18 Å². The first kappa shape index (κ1) is 18.7. The fraction of sp³-hybridized carbons (Fsp3) is 0.562. The van der Waals surface area contributed by atoms with E-state index in [2.05, 4.69) is 0 Å². The van der Waals surface area contributed by atoms with Crippen LogP contribution in [0, 0.1) is 0 Å². The Morgan fingerprint density at radius 2 is 2.00 bits per heavy atom. The summed E-state index contributed by atoms with van der Waals surface area (Å²) in [7, 11) is 0. The van der Waals surface area contributed by atoms with Crippen LogP contribution in [-0.4, -0.2) is 43.3 Å². The lowest BCUT2D eigenvalue weighted by molar-refractivity contribution is -0.160. The van der Waals surface area contributed by atoms with Gasteiger partial charge in [-0.1, -0.05) is 18.5 Å². The largest absolute Gasteiger partial charge is 0.489 e. The van der Waals surface area contributed by atoms with E-state index in [9.17, 15) is 18.0 Å². The zero-order chi connectivity index (χ0) is 17.7. The average Bonchev–Trinajstić information content (AvgIpc) is 2.71. The summed E-state index contributed by atoms with van der Waals surface area (Å²) in [6.45, 7) is 1.45. The molecule has 0 fully saturated rings. The molecule has 1 aliphatic rings. The zero-order valence-electron chi connectivity index (χ0n) is 13.3. The Morgan fingerprint density at radius 3 is 2.67 bits per heavy atom. The molecule has 0 atom stereocenters. The highest BCUT2D eigenvalue weighted by Gasteiger charge is 2.32. The van der Waals surface area contributed by atoms with Crippen LogP contribution in [0.1, 0.15) is 25.3 Å². The molecular weight excluding hydrogens is 347 g/mol.